The fraction of sp³-hybridized carbons (Fsp3) is 0.562. The minimum atomic E-state index is 0.214. The number of nitrogens with one attached hydrogen (secondary N) is 1. The SMILES string of the molecule is O=C(CNCCOc1ccccc1)N1CCCCCC1. The van der Waals surface area contributed by atoms with Gasteiger partial charge in [0.15, 0.2) is 0 Å². The lowest BCUT2D eigenvalue weighted by molar-refractivity contribution is -0.130. The highest BCUT2D eigenvalue weighted by Crippen LogP contribution is 2.09. The Balaban J connectivity index is 1.57. The topological polar surface area (TPSA) is 41.6 Å². The smallest absolute Gasteiger partial charge is 0.236 e. The molecule has 1 amide bonds. The van der Waals surface area contributed by atoms with Crippen LogP contribution in [0.3, 0.4) is 0 Å². The van der Waals surface area contributed by atoms with Crippen molar-refractivity contribution in [1.82, 2.24) is 10.2 Å². The zero-order valence-electron chi connectivity index (χ0n) is 12.0. The number of hydrogen-bond donors (Lipinski definition) is 1. The van der Waals surface area contributed by atoms with Gasteiger partial charge in [0.1, 0.15) is 12.4 Å². The summed E-state index contributed by atoms with van der Waals surface area (Å²) in [7, 11) is 0. The largest absolute Gasteiger partial charge is 0.492 e. The van der Waals surface area contributed by atoms with E-state index in [1.807, 2.05) is 35.2 Å². The molecule has 1 aliphatic rings. The highest BCUT2D eigenvalue weighted by atomic mass is 16.5. The Labute approximate surface area is 121 Å². The molecular formula is C16H24N2O2. The Morgan fingerprint density at radius 1 is 1.10 bits per heavy atom. The Hall–Kier alpha value is -1.55. The number of carbonyl (C=O) groups is 1. The minimum absolute atomic E-state index is 0.214. The van der Waals surface area contributed by atoms with Gasteiger partial charge < -0.3 is 15.0 Å². The summed E-state index contributed by atoms with van der Waals surface area (Å²) in [6.45, 7) is 3.52. The lowest BCUT2D eigenvalue weighted by Crippen LogP contribution is -2.39. The second-order valence-corrected chi connectivity index (χ2v) is 5.13. The summed E-state index contributed by atoms with van der Waals surface area (Å²) in [5, 5.41) is 3.16. The number of carbonyl (C=O) groups excluding carboxylic acids is 1. The van der Waals surface area contributed by atoms with Crippen molar-refractivity contribution in [3.63, 3.8) is 0 Å². The Morgan fingerprint density at radius 3 is 2.50 bits per heavy atom. The first-order valence-corrected chi connectivity index (χ1v) is 7.52. The number of benzene rings is 1. The third-order valence-corrected chi connectivity index (χ3v) is 3.53. The minimum Gasteiger partial charge on any atom is -0.492 e. The Morgan fingerprint density at radius 2 is 1.80 bits per heavy atom. The normalized spacial score (nSPS) is 15.7. The number of rotatable bonds is 6. The van der Waals surface area contributed by atoms with Crippen LogP contribution in [0.2, 0.25) is 0 Å². The number of nitrogens with zero attached hydrogens (tertiary/aromatic N) is 1. The number of amides is 1. The third-order valence-electron chi connectivity index (χ3n) is 3.53. The van der Waals surface area contributed by atoms with E-state index in [2.05, 4.69) is 5.32 Å². The fourth-order valence-electron chi connectivity index (χ4n) is 2.38. The molecule has 0 saturated carbocycles. The molecule has 110 valence electrons. The average Bonchev–Trinajstić information content (AvgIpc) is 2.77. The van der Waals surface area contributed by atoms with Gasteiger partial charge in [-0.05, 0) is 25.0 Å². The van der Waals surface area contributed by atoms with E-state index in [-0.39, 0.29) is 5.91 Å². The second kappa shape index (κ2) is 8.59. The summed E-state index contributed by atoms with van der Waals surface area (Å²) < 4.78 is 5.57. The zero-order chi connectivity index (χ0) is 14.0. The number of likely N-dealkylation sites (tertiary alicyclic amines) is 1. The maximum Gasteiger partial charge on any atom is 0.236 e. The van der Waals surface area contributed by atoms with Crippen LogP contribution in [0.5, 0.6) is 5.75 Å². The summed E-state index contributed by atoms with van der Waals surface area (Å²) in [6, 6.07) is 9.73. The first-order valence-electron chi connectivity index (χ1n) is 7.52. The van der Waals surface area contributed by atoms with Crippen LogP contribution in [0.4, 0.5) is 0 Å². The maximum atomic E-state index is 12.0. The van der Waals surface area contributed by atoms with Gasteiger partial charge in [0.05, 0.1) is 6.54 Å². The van der Waals surface area contributed by atoms with Gasteiger partial charge in [-0.1, -0.05) is 31.0 Å². The van der Waals surface area contributed by atoms with Gasteiger partial charge in [-0.3, -0.25) is 4.79 Å². The highest BCUT2D eigenvalue weighted by molar-refractivity contribution is 5.78. The Bertz CT molecular complexity index is 387. The van der Waals surface area contributed by atoms with Gasteiger partial charge in [0.25, 0.3) is 0 Å². The summed E-state index contributed by atoms with van der Waals surface area (Å²) in [5.41, 5.74) is 0. The van der Waals surface area contributed by atoms with E-state index in [4.69, 9.17) is 4.74 Å². The van der Waals surface area contributed by atoms with Gasteiger partial charge in [0.2, 0.25) is 5.91 Å². The number of hydrogen-bond acceptors (Lipinski definition) is 3. The van der Waals surface area contributed by atoms with E-state index in [9.17, 15) is 4.79 Å². The van der Waals surface area contributed by atoms with Crippen molar-refractivity contribution in [3.05, 3.63) is 30.3 Å². The monoisotopic (exact) mass is 276 g/mol. The molecule has 1 heterocycles. The van der Waals surface area contributed by atoms with Gasteiger partial charge in [0, 0.05) is 19.6 Å². The molecule has 1 aliphatic heterocycles. The van der Waals surface area contributed by atoms with Gasteiger partial charge >= 0.3 is 0 Å². The molecule has 1 saturated heterocycles. The van der Waals surface area contributed by atoms with Crippen LogP contribution in [0.15, 0.2) is 30.3 Å². The van der Waals surface area contributed by atoms with Crippen molar-refractivity contribution in [1.29, 1.82) is 0 Å². The summed E-state index contributed by atoms with van der Waals surface area (Å²) >= 11 is 0. The van der Waals surface area contributed by atoms with Crippen LogP contribution in [-0.2, 0) is 4.79 Å². The van der Waals surface area contributed by atoms with Crippen molar-refractivity contribution >= 4 is 5.91 Å². The fourth-order valence-corrected chi connectivity index (χ4v) is 2.38. The predicted molar refractivity (Wildman–Crippen MR) is 79.9 cm³/mol. The molecule has 20 heavy (non-hydrogen) atoms. The van der Waals surface area contributed by atoms with E-state index in [1.165, 1.54) is 12.8 Å². The quantitative estimate of drug-likeness (QED) is 0.809. The van der Waals surface area contributed by atoms with Crippen molar-refractivity contribution in [2.45, 2.75) is 25.7 Å². The molecule has 4 heteroatoms. The number of para-hydroxylation sites is 1. The molecular weight excluding hydrogens is 252 g/mol. The molecule has 4 nitrogen and oxygen atoms in total. The van der Waals surface area contributed by atoms with E-state index in [0.29, 0.717) is 19.7 Å². The molecule has 0 spiro atoms. The van der Waals surface area contributed by atoms with Crippen molar-refractivity contribution in [2.24, 2.45) is 0 Å². The summed E-state index contributed by atoms with van der Waals surface area (Å²) in [5.74, 6) is 1.08. The molecule has 1 fully saturated rings. The van der Waals surface area contributed by atoms with E-state index >= 15 is 0 Å². The predicted octanol–water partition coefficient (Wildman–Crippen LogP) is 2.06. The third kappa shape index (κ3) is 5.21. The molecule has 2 rings (SSSR count). The lowest BCUT2D eigenvalue weighted by Gasteiger charge is -2.20. The lowest BCUT2D eigenvalue weighted by atomic mass is 10.2. The van der Waals surface area contributed by atoms with Crippen LogP contribution >= 0.6 is 0 Å². The van der Waals surface area contributed by atoms with Gasteiger partial charge in [-0.2, -0.15) is 0 Å². The van der Waals surface area contributed by atoms with Crippen molar-refractivity contribution in [3.8, 4) is 5.75 Å². The van der Waals surface area contributed by atoms with Gasteiger partial charge in [-0.25, -0.2) is 0 Å². The maximum absolute atomic E-state index is 12.0. The van der Waals surface area contributed by atoms with E-state index in [1.54, 1.807) is 0 Å². The average molecular weight is 276 g/mol. The van der Waals surface area contributed by atoms with Gasteiger partial charge in [-0.15, -0.1) is 0 Å². The second-order valence-electron chi connectivity index (χ2n) is 5.13. The van der Waals surface area contributed by atoms with E-state index < -0.39 is 0 Å². The van der Waals surface area contributed by atoms with Crippen LogP contribution in [-0.4, -0.2) is 43.6 Å². The van der Waals surface area contributed by atoms with Crippen LogP contribution in [0.1, 0.15) is 25.7 Å². The van der Waals surface area contributed by atoms with Crippen LogP contribution in [0.25, 0.3) is 0 Å². The van der Waals surface area contributed by atoms with Crippen LogP contribution < -0.4 is 10.1 Å². The molecule has 0 unspecified atom stereocenters. The molecule has 0 aliphatic carbocycles. The van der Waals surface area contributed by atoms with E-state index in [0.717, 1.165) is 31.7 Å². The highest BCUT2D eigenvalue weighted by Gasteiger charge is 2.14. The molecule has 1 aromatic carbocycles. The van der Waals surface area contributed by atoms with Crippen LogP contribution in [0, 0.1) is 0 Å². The molecule has 0 atom stereocenters. The molecule has 0 radical (unpaired) electrons. The molecule has 0 bridgehead atoms. The summed E-state index contributed by atoms with van der Waals surface area (Å²) in [6.07, 6.45) is 4.79. The Kier molecular flexibility index (Phi) is 6.38. The molecule has 0 aromatic heterocycles. The number of ether oxygens (including phenoxy) is 1. The zero-order valence-corrected chi connectivity index (χ0v) is 12.0. The van der Waals surface area contributed by atoms with Crippen molar-refractivity contribution < 1.29 is 9.53 Å². The van der Waals surface area contributed by atoms with Crippen molar-refractivity contribution in [2.75, 3.05) is 32.8 Å². The standard InChI is InChI=1S/C16H24N2O2/c19-16(18-11-6-1-2-7-12-18)14-17-10-13-20-15-8-4-3-5-9-15/h3-5,8-9,17H,1-2,6-7,10-14H2. The summed E-state index contributed by atoms with van der Waals surface area (Å²) in [4.78, 5) is 14.0. The molecule has 1 N–H and O–H groups in total. The first kappa shape index (κ1) is 14.9. The molecule has 1 aromatic rings. The first-order chi connectivity index (χ1) is 9.86.